The molecule has 0 spiro atoms. The summed E-state index contributed by atoms with van der Waals surface area (Å²) in [6.45, 7) is 6.30. The van der Waals surface area contributed by atoms with Gasteiger partial charge in [0.1, 0.15) is 0 Å². The van der Waals surface area contributed by atoms with E-state index in [2.05, 4.69) is 19.9 Å². The van der Waals surface area contributed by atoms with Crippen molar-refractivity contribution in [3.05, 3.63) is 35.4 Å². The van der Waals surface area contributed by atoms with E-state index in [0.29, 0.717) is 12.3 Å². The molecule has 2 nitrogen and oxygen atoms in total. The molecule has 0 amide bonds. The van der Waals surface area contributed by atoms with Crippen LogP contribution >= 0.6 is 0 Å². The molecule has 1 unspecified atom stereocenters. The number of aryl methyl sites for hydroxylation is 1. The van der Waals surface area contributed by atoms with Gasteiger partial charge in [-0.2, -0.15) is 0 Å². The summed E-state index contributed by atoms with van der Waals surface area (Å²) < 4.78 is 0. The van der Waals surface area contributed by atoms with Crippen molar-refractivity contribution in [3.63, 3.8) is 0 Å². The van der Waals surface area contributed by atoms with Crippen molar-refractivity contribution in [1.29, 1.82) is 0 Å². The number of carboxylic acids is 1. The predicted octanol–water partition coefficient (Wildman–Crippen LogP) is 3.67. The van der Waals surface area contributed by atoms with Gasteiger partial charge in [0.15, 0.2) is 0 Å². The van der Waals surface area contributed by atoms with Crippen LogP contribution in [0.5, 0.6) is 0 Å². The number of rotatable bonds is 6. The zero-order valence-electron chi connectivity index (χ0n) is 10.9. The average molecular weight is 234 g/mol. The van der Waals surface area contributed by atoms with Gasteiger partial charge in [0.05, 0.1) is 5.92 Å². The molecule has 0 aromatic heterocycles. The fourth-order valence-corrected chi connectivity index (χ4v) is 1.97. The van der Waals surface area contributed by atoms with Crippen LogP contribution in [-0.2, 0) is 11.2 Å². The number of carbonyl (C=O) groups is 1. The van der Waals surface area contributed by atoms with E-state index in [-0.39, 0.29) is 5.92 Å². The van der Waals surface area contributed by atoms with Crippen LogP contribution in [0.25, 0.3) is 0 Å². The van der Waals surface area contributed by atoms with Crippen LogP contribution in [0, 0.1) is 18.8 Å². The first-order valence-electron chi connectivity index (χ1n) is 6.27. The smallest absolute Gasteiger partial charge is 0.306 e. The molecule has 1 N–H and O–H groups in total. The molecule has 0 saturated carbocycles. The second-order valence-electron chi connectivity index (χ2n) is 5.20. The lowest BCUT2D eigenvalue weighted by molar-refractivity contribution is -0.142. The molecule has 0 bridgehead atoms. The van der Waals surface area contributed by atoms with Gasteiger partial charge in [-0.15, -0.1) is 0 Å². The van der Waals surface area contributed by atoms with E-state index in [4.69, 9.17) is 0 Å². The summed E-state index contributed by atoms with van der Waals surface area (Å²) in [7, 11) is 0. The van der Waals surface area contributed by atoms with Gasteiger partial charge < -0.3 is 5.11 Å². The van der Waals surface area contributed by atoms with Crippen LogP contribution in [0.1, 0.15) is 37.8 Å². The third-order valence-corrected chi connectivity index (χ3v) is 3.01. The molecule has 1 aromatic carbocycles. The fraction of sp³-hybridized carbons (Fsp3) is 0.533. The Morgan fingerprint density at radius 2 is 2.00 bits per heavy atom. The number of hydrogen-bond donors (Lipinski definition) is 1. The minimum atomic E-state index is -0.674. The van der Waals surface area contributed by atoms with Gasteiger partial charge in [0.25, 0.3) is 0 Å². The van der Waals surface area contributed by atoms with Crippen molar-refractivity contribution in [2.45, 2.75) is 40.0 Å². The molecule has 0 aliphatic rings. The van der Waals surface area contributed by atoms with Gasteiger partial charge in [-0.1, -0.05) is 50.1 Å². The second-order valence-corrected chi connectivity index (χ2v) is 5.20. The maximum Gasteiger partial charge on any atom is 0.306 e. The molecule has 0 aliphatic carbocycles. The van der Waals surface area contributed by atoms with Crippen molar-refractivity contribution in [2.24, 2.45) is 11.8 Å². The summed E-state index contributed by atoms with van der Waals surface area (Å²) in [4.78, 5) is 11.2. The Morgan fingerprint density at radius 1 is 1.29 bits per heavy atom. The second kappa shape index (κ2) is 6.43. The number of benzene rings is 1. The number of hydrogen-bond acceptors (Lipinski definition) is 1. The molecule has 17 heavy (non-hydrogen) atoms. The first-order chi connectivity index (χ1) is 7.99. The van der Waals surface area contributed by atoms with E-state index in [1.165, 1.54) is 5.56 Å². The molecule has 2 heteroatoms. The highest BCUT2D eigenvalue weighted by Crippen LogP contribution is 2.18. The molecule has 1 atom stereocenters. The van der Waals surface area contributed by atoms with Crippen molar-refractivity contribution in [1.82, 2.24) is 0 Å². The average Bonchev–Trinajstić information content (AvgIpc) is 2.23. The van der Waals surface area contributed by atoms with Crippen molar-refractivity contribution in [3.8, 4) is 0 Å². The molecule has 0 aliphatic heterocycles. The van der Waals surface area contributed by atoms with Crippen LogP contribution < -0.4 is 0 Å². The topological polar surface area (TPSA) is 37.3 Å². The zero-order valence-corrected chi connectivity index (χ0v) is 10.9. The van der Waals surface area contributed by atoms with E-state index in [1.54, 1.807) is 0 Å². The largest absolute Gasteiger partial charge is 0.481 e. The summed E-state index contributed by atoms with van der Waals surface area (Å²) in [6, 6.07) is 8.11. The maximum absolute atomic E-state index is 11.2. The molecular formula is C15H22O2. The minimum Gasteiger partial charge on any atom is -0.481 e. The van der Waals surface area contributed by atoms with Crippen molar-refractivity contribution in [2.75, 3.05) is 0 Å². The maximum atomic E-state index is 11.2. The van der Waals surface area contributed by atoms with Crippen LogP contribution in [0.2, 0.25) is 0 Å². The zero-order chi connectivity index (χ0) is 12.8. The molecule has 1 rings (SSSR count). The summed E-state index contributed by atoms with van der Waals surface area (Å²) >= 11 is 0. The Hall–Kier alpha value is -1.31. The number of carboxylic acid groups (broad SMARTS) is 1. The third-order valence-electron chi connectivity index (χ3n) is 3.01. The molecule has 1 aromatic rings. The van der Waals surface area contributed by atoms with Crippen LogP contribution in [0.4, 0.5) is 0 Å². The summed E-state index contributed by atoms with van der Waals surface area (Å²) in [5.74, 6) is -0.360. The van der Waals surface area contributed by atoms with Crippen molar-refractivity contribution < 1.29 is 9.90 Å². The Kier molecular flexibility index (Phi) is 5.20. The van der Waals surface area contributed by atoms with E-state index in [9.17, 15) is 9.90 Å². The van der Waals surface area contributed by atoms with Crippen LogP contribution in [0.15, 0.2) is 24.3 Å². The van der Waals surface area contributed by atoms with Crippen LogP contribution in [-0.4, -0.2) is 11.1 Å². The molecule has 0 fully saturated rings. The highest BCUT2D eigenvalue weighted by Gasteiger charge is 2.18. The normalized spacial score (nSPS) is 12.7. The molecular weight excluding hydrogens is 212 g/mol. The molecule has 94 valence electrons. The molecule has 0 heterocycles. The van der Waals surface area contributed by atoms with E-state index >= 15 is 0 Å². The van der Waals surface area contributed by atoms with E-state index < -0.39 is 5.97 Å². The van der Waals surface area contributed by atoms with E-state index in [0.717, 1.165) is 18.4 Å². The van der Waals surface area contributed by atoms with Gasteiger partial charge in [0, 0.05) is 0 Å². The summed E-state index contributed by atoms with van der Waals surface area (Å²) in [6.07, 6.45) is 2.38. The highest BCUT2D eigenvalue weighted by molar-refractivity contribution is 5.70. The Bertz CT molecular complexity index is 369. The lowest BCUT2D eigenvalue weighted by Gasteiger charge is -2.14. The summed E-state index contributed by atoms with van der Waals surface area (Å²) in [5, 5.41) is 9.22. The van der Waals surface area contributed by atoms with Gasteiger partial charge >= 0.3 is 5.97 Å². The highest BCUT2D eigenvalue weighted by atomic mass is 16.4. The lowest BCUT2D eigenvalue weighted by atomic mass is 9.91. The quantitative estimate of drug-likeness (QED) is 0.815. The molecule has 0 saturated heterocycles. The predicted molar refractivity (Wildman–Crippen MR) is 70.1 cm³/mol. The minimum absolute atomic E-state index is 0.251. The lowest BCUT2D eigenvalue weighted by Crippen LogP contribution is -2.17. The Labute approximate surface area is 104 Å². The Balaban J connectivity index is 2.63. The van der Waals surface area contributed by atoms with Gasteiger partial charge in [0.2, 0.25) is 0 Å². The summed E-state index contributed by atoms with van der Waals surface area (Å²) in [5.41, 5.74) is 2.32. The van der Waals surface area contributed by atoms with Gasteiger partial charge in [-0.25, -0.2) is 0 Å². The third kappa shape index (κ3) is 5.03. The van der Waals surface area contributed by atoms with Gasteiger partial charge in [-0.3, -0.25) is 4.79 Å². The standard InChI is InChI=1S/C15H22O2/c1-11(2)7-8-14(15(16)17)10-13-6-4-5-12(3)9-13/h4-6,9,11,14H,7-8,10H2,1-3H3,(H,16,17). The van der Waals surface area contributed by atoms with Crippen molar-refractivity contribution >= 4 is 5.97 Å². The van der Waals surface area contributed by atoms with Gasteiger partial charge in [-0.05, 0) is 31.2 Å². The SMILES string of the molecule is Cc1cccc(CC(CCC(C)C)C(=O)O)c1. The number of aliphatic carboxylic acids is 1. The van der Waals surface area contributed by atoms with E-state index in [1.807, 2.05) is 25.1 Å². The van der Waals surface area contributed by atoms with Crippen LogP contribution in [0.3, 0.4) is 0 Å². The molecule has 0 radical (unpaired) electrons. The first kappa shape index (κ1) is 13.8. The Morgan fingerprint density at radius 3 is 2.53 bits per heavy atom. The first-order valence-corrected chi connectivity index (χ1v) is 6.27. The monoisotopic (exact) mass is 234 g/mol. The fourth-order valence-electron chi connectivity index (χ4n) is 1.97.